The highest BCUT2D eigenvalue weighted by Gasteiger charge is 2.03. The smallest absolute Gasteiger partial charge is 0.0897 e. The van der Waals surface area contributed by atoms with Gasteiger partial charge in [-0.1, -0.05) is 53.4 Å². The Morgan fingerprint density at radius 3 is 2.14 bits per heavy atom. The maximum absolute atomic E-state index is 9.77. The Morgan fingerprint density at radius 1 is 0.857 bits per heavy atom. The fourth-order valence-corrected chi connectivity index (χ4v) is 2.30. The molecule has 1 unspecified atom stereocenters. The van der Waals surface area contributed by atoms with Crippen molar-refractivity contribution in [2.45, 2.75) is 78.7 Å². The molecule has 0 aromatic rings. The second-order valence-electron chi connectivity index (χ2n) is 7.07. The summed E-state index contributed by atoms with van der Waals surface area (Å²) < 4.78 is 5.49. The van der Waals surface area contributed by atoms with Gasteiger partial charge in [0, 0.05) is 13.2 Å². The molecule has 0 heterocycles. The number of aliphatic hydroxyl groups excluding tert-OH is 1. The summed E-state index contributed by atoms with van der Waals surface area (Å²) in [6.45, 7) is 11.9. The molecular weight excluding hydrogens is 262 g/mol. The van der Waals surface area contributed by atoms with E-state index in [0.29, 0.717) is 13.2 Å². The SMILES string of the molecule is CC(C)CCCCCCNCC(O)COCCCC(C)C. The molecule has 0 radical (unpaired) electrons. The standard InChI is InChI=1S/C18H39NO2/c1-16(2)10-7-5-6-8-12-19-14-18(20)15-21-13-9-11-17(3)4/h16-20H,5-15H2,1-4H3. The maximum atomic E-state index is 9.77. The van der Waals surface area contributed by atoms with Gasteiger partial charge in [0.25, 0.3) is 0 Å². The highest BCUT2D eigenvalue weighted by molar-refractivity contribution is 4.59. The zero-order chi connectivity index (χ0) is 15.9. The average Bonchev–Trinajstić information content (AvgIpc) is 2.40. The lowest BCUT2D eigenvalue weighted by Crippen LogP contribution is -2.31. The second kappa shape index (κ2) is 14.8. The molecule has 0 aliphatic carbocycles. The summed E-state index contributed by atoms with van der Waals surface area (Å²) in [6, 6.07) is 0. The van der Waals surface area contributed by atoms with Gasteiger partial charge in [0.2, 0.25) is 0 Å². The minimum absolute atomic E-state index is 0.370. The van der Waals surface area contributed by atoms with Crippen molar-refractivity contribution in [3.63, 3.8) is 0 Å². The van der Waals surface area contributed by atoms with Gasteiger partial charge < -0.3 is 15.2 Å². The van der Waals surface area contributed by atoms with Crippen LogP contribution in [0, 0.1) is 11.8 Å². The predicted molar refractivity (Wildman–Crippen MR) is 91.7 cm³/mol. The molecular formula is C18H39NO2. The molecule has 0 aromatic carbocycles. The summed E-state index contributed by atoms with van der Waals surface area (Å²) in [4.78, 5) is 0. The minimum atomic E-state index is -0.370. The topological polar surface area (TPSA) is 41.5 Å². The van der Waals surface area contributed by atoms with E-state index in [2.05, 4.69) is 33.0 Å². The van der Waals surface area contributed by atoms with Gasteiger partial charge in [0.1, 0.15) is 0 Å². The van der Waals surface area contributed by atoms with Crippen molar-refractivity contribution in [2.75, 3.05) is 26.3 Å². The number of nitrogens with one attached hydrogen (secondary N) is 1. The van der Waals surface area contributed by atoms with E-state index >= 15 is 0 Å². The average molecular weight is 302 g/mol. The van der Waals surface area contributed by atoms with Crippen LogP contribution in [0.3, 0.4) is 0 Å². The lowest BCUT2D eigenvalue weighted by atomic mass is 10.0. The van der Waals surface area contributed by atoms with Crippen LogP contribution in [0.15, 0.2) is 0 Å². The first-order valence-electron chi connectivity index (χ1n) is 8.99. The van der Waals surface area contributed by atoms with Crippen LogP contribution >= 0.6 is 0 Å². The highest BCUT2D eigenvalue weighted by Crippen LogP contribution is 2.08. The molecule has 0 saturated carbocycles. The predicted octanol–water partition coefficient (Wildman–Crippen LogP) is 4.00. The van der Waals surface area contributed by atoms with Crippen molar-refractivity contribution in [2.24, 2.45) is 11.8 Å². The van der Waals surface area contributed by atoms with Gasteiger partial charge >= 0.3 is 0 Å². The summed E-state index contributed by atoms with van der Waals surface area (Å²) >= 11 is 0. The zero-order valence-electron chi connectivity index (χ0n) is 14.9. The van der Waals surface area contributed by atoms with Crippen LogP contribution in [-0.2, 0) is 4.74 Å². The van der Waals surface area contributed by atoms with Gasteiger partial charge in [0.05, 0.1) is 12.7 Å². The Balaban J connectivity index is 3.17. The van der Waals surface area contributed by atoms with Crippen molar-refractivity contribution >= 4 is 0 Å². The van der Waals surface area contributed by atoms with E-state index in [0.717, 1.165) is 31.4 Å². The summed E-state index contributed by atoms with van der Waals surface area (Å²) in [5.41, 5.74) is 0. The first kappa shape index (κ1) is 20.9. The van der Waals surface area contributed by atoms with Crippen LogP contribution in [0.2, 0.25) is 0 Å². The van der Waals surface area contributed by atoms with Crippen molar-refractivity contribution in [1.29, 1.82) is 0 Å². The number of hydrogen-bond donors (Lipinski definition) is 2. The molecule has 0 saturated heterocycles. The summed E-state index contributed by atoms with van der Waals surface area (Å²) in [5, 5.41) is 13.1. The van der Waals surface area contributed by atoms with E-state index in [1.54, 1.807) is 0 Å². The summed E-state index contributed by atoms with van der Waals surface area (Å²) in [5.74, 6) is 1.57. The van der Waals surface area contributed by atoms with E-state index in [1.807, 2.05) is 0 Å². The van der Waals surface area contributed by atoms with Gasteiger partial charge in [-0.25, -0.2) is 0 Å². The number of hydrogen-bond acceptors (Lipinski definition) is 3. The van der Waals surface area contributed by atoms with Gasteiger partial charge in [-0.2, -0.15) is 0 Å². The largest absolute Gasteiger partial charge is 0.389 e. The number of rotatable bonds is 15. The second-order valence-corrected chi connectivity index (χ2v) is 7.07. The number of unbranched alkanes of at least 4 members (excludes halogenated alkanes) is 3. The molecule has 0 bridgehead atoms. The molecule has 0 aliphatic heterocycles. The Kier molecular flexibility index (Phi) is 14.7. The molecule has 0 rings (SSSR count). The molecule has 21 heavy (non-hydrogen) atoms. The molecule has 1 atom stereocenters. The Morgan fingerprint density at radius 2 is 1.48 bits per heavy atom. The number of ether oxygens (including phenoxy) is 1. The third-order valence-corrected chi connectivity index (χ3v) is 3.65. The molecule has 3 heteroatoms. The van der Waals surface area contributed by atoms with Crippen molar-refractivity contribution in [3.05, 3.63) is 0 Å². The Labute approximate surface area is 132 Å². The fourth-order valence-electron chi connectivity index (χ4n) is 2.30. The van der Waals surface area contributed by atoms with E-state index in [9.17, 15) is 5.11 Å². The molecule has 0 amide bonds. The third kappa shape index (κ3) is 17.8. The highest BCUT2D eigenvalue weighted by atomic mass is 16.5. The van der Waals surface area contributed by atoms with Crippen LogP contribution in [0.25, 0.3) is 0 Å². The van der Waals surface area contributed by atoms with Gasteiger partial charge in [-0.05, 0) is 37.6 Å². The molecule has 0 aliphatic rings. The van der Waals surface area contributed by atoms with Crippen molar-refractivity contribution in [1.82, 2.24) is 5.32 Å². The third-order valence-electron chi connectivity index (χ3n) is 3.65. The fraction of sp³-hybridized carbons (Fsp3) is 1.00. The van der Waals surface area contributed by atoms with Gasteiger partial charge in [-0.15, -0.1) is 0 Å². The minimum Gasteiger partial charge on any atom is -0.389 e. The zero-order valence-corrected chi connectivity index (χ0v) is 14.9. The molecule has 3 nitrogen and oxygen atoms in total. The van der Waals surface area contributed by atoms with E-state index < -0.39 is 0 Å². The first-order chi connectivity index (χ1) is 10.0. The molecule has 2 N–H and O–H groups in total. The maximum Gasteiger partial charge on any atom is 0.0897 e. The van der Waals surface area contributed by atoms with E-state index in [-0.39, 0.29) is 6.10 Å². The molecule has 128 valence electrons. The number of aliphatic hydroxyl groups is 1. The summed E-state index contributed by atoms with van der Waals surface area (Å²) in [7, 11) is 0. The van der Waals surface area contributed by atoms with Crippen LogP contribution in [0.5, 0.6) is 0 Å². The van der Waals surface area contributed by atoms with E-state index in [1.165, 1.54) is 38.5 Å². The molecule has 0 fully saturated rings. The summed E-state index contributed by atoms with van der Waals surface area (Å²) in [6.07, 6.45) is 8.46. The lowest BCUT2D eigenvalue weighted by molar-refractivity contribution is 0.0348. The van der Waals surface area contributed by atoms with Gasteiger partial charge in [0.15, 0.2) is 0 Å². The first-order valence-corrected chi connectivity index (χ1v) is 8.99. The molecule has 0 aromatic heterocycles. The van der Waals surface area contributed by atoms with Crippen molar-refractivity contribution in [3.8, 4) is 0 Å². The van der Waals surface area contributed by atoms with Crippen molar-refractivity contribution < 1.29 is 9.84 Å². The van der Waals surface area contributed by atoms with E-state index in [4.69, 9.17) is 4.74 Å². The Bertz CT molecular complexity index is 207. The quantitative estimate of drug-likeness (QED) is 0.449. The van der Waals surface area contributed by atoms with Crippen LogP contribution < -0.4 is 5.32 Å². The Hall–Kier alpha value is -0.120. The van der Waals surface area contributed by atoms with Crippen LogP contribution in [-0.4, -0.2) is 37.5 Å². The van der Waals surface area contributed by atoms with Crippen LogP contribution in [0.1, 0.15) is 72.6 Å². The molecule has 0 spiro atoms. The van der Waals surface area contributed by atoms with Crippen LogP contribution in [0.4, 0.5) is 0 Å². The monoisotopic (exact) mass is 301 g/mol. The normalized spacial score (nSPS) is 13.3. The lowest BCUT2D eigenvalue weighted by Gasteiger charge is -2.13. The van der Waals surface area contributed by atoms with Gasteiger partial charge in [-0.3, -0.25) is 0 Å².